The maximum atomic E-state index is 11.4. The minimum absolute atomic E-state index is 0.0783. The third kappa shape index (κ3) is 3.36. The SMILES string of the molecule is COCc1c(O)ccc([As](=O)(O)O)c1NC(C)=O. The van der Waals surface area contributed by atoms with Crippen LogP contribution in [0.4, 0.5) is 5.69 Å². The van der Waals surface area contributed by atoms with Crippen molar-refractivity contribution in [3.05, 3.63) is 17.7 Å². The maximum absolute atomic E-state index is 11.4. The van der Waals surface area contributed by atoms with Gasteiger partial charge in [-0.25, -0.2) is 0 Å². The Morgan fingerprint density at radius 3 is 2.50 bits per heavy atom. The van der Waals surface area contributed by atoms with Crippen LogP contribution in [0.15, 0.2) is 12.1 Å². The Labute approximate surface area is 106 Å². The van der Waals surface area contributed by atoms with Gasteiger partial charge in [-0.05, 0) is 0 Å². The van der Waals surface area contributed by atoms with Crippen molar-refractivity contribution < 1.29 is 26.6 Å². The van der Waals surface area contributed by atoms with Crippen molar-refractivity contribution in [3.8, 4) is 5.75 Å². The van der Waals surface area contributed by atoms with E-state index in [1.807, 2.05) is 0 Å². The van der Waals surface area contributed by atoms with Gasteiger partial charge in [0, 0.05) is 0 Å². The van der Waals surface area contributed by atoms with Crippen molar-refractivity contribution in [1.82, 2.24) is 0 Å². The number of hydrogen-bond acceptors (Lipinski definition) is 4. The zero-order valence-corrected chi connectivity index (χ0v) is 11.8. The number of anilines is 1. The Balaban J connectivity index is 3.48. The van der Waals surface area contributed by atoms with Gasteiger partial charge in [-0.1, -0.05) is 0 Å². The molecule has 1 aromatic carbocycles. The van der Waals surface area contributed by atoms with E-state index in [1.165, 1.54) is 14.0 Å². The summed E-state index contributed by atoms with van der Waals surface area (Å²) in [7, 11) is 1.37. The normalized spacial score (nSPS) is 11.3. The Morgan fingerprint density at radius 1 is 1.44 bits per heavy atom. The summed E-state index contributed by atoms with van der Waals surface area (Å²) in [5.41, 5.74) is 0.0479. The fourth-order valence-corrected chi connectivity index (χ4v) is 3.05. The molecule has 100 valence electrons. The molecule has 18 heavy (non-hydrogen) atoms. The second-order valence-corrected chi connectivity index (χ2v) is 6.91. The Bertz CT molecular complexity index is 509. The van der Waals surface area contributed by atoms with Gasteiger partial charge in [0.1, 0.15) is 0 Å². The van der Waals surface area contributed by atoms with Crippen LogP contribution in [0, 0.1) is 0 Å². The van der Waals surface area contributed by atoms with Gasteiger partial charge < -0.3 is 0 Å². The molecule has 0 aliphatic carbocycles. The molecule has 0 saturated heterocycles. The molecule has 0 unspecified atom stereocenters. The Morgan fingerprint density at radius 2 is 2.06 bits per heavy atom. The predicted octanol–water partition coefficient (Wildman–Crippen LogP) is -0.942. The molecule has 0 aliphatic rings. The first kappa shape index (κ1) is 14.8. The summed E-state index contributed by atoms with van der Waals surface area (Å²) in [5, 5.41) is 12.0. The average molecular weight is 319 g/mol. The van der Waals surface area contributed by atoms with E-state index in [9.17, 15) is 21.8 Å². The van der Waals surface area contributed by atoms with Gasteiger partial charge in [0.2, 0.25) is 0 Å². The first-order valence-corrected chi connectivity index (χ1v) is 8.33. The molecule has 0 fully saturated rings. The summed E-state index contributed by atoms with van der Waals surface area (Å²) in [4.78, 5) is 11.1. The number of aromatic hydroxyl groups is 1. The molecule has 8 heteroatoms. The van der Waals surface area contributed by atoms with Crippen molar-refractivity contribution in [2.45, 2.75) is 13.5 Å². The van der Waals surface area contributed by atoms with E-state index >= 15 is 0 Å². The summed E-state index contributed by atoms with van der Waals surface area (Å²) in [6.45, 7) is 1.13. The van der Waals surface area contributed by atoms with Crippen LogP contribution in [0.2, 0.25) is 0 Å². The van der Waals surface area contributed by atoms with E-state index in [2.05, 4.69) is 5.32 Å². The molecule has 0 bridgehead atoms. The number of benzene rings is 1. The third-order valence-corrected chi connectivity index (χ3v) is 4.27. The Kier molecular flexibility index (Phi) is 4.58. The molecule has 7 nitrogen and oxygen atoms in total. The molecule has 0 heterocycles. The van der Waals surface area contributed by atoms with Gasteiger partial charge in [-0.3, -0.25) is 0 Å². The second-order valence-electron chi connectivity index (χ2n) is 3.62. The fraction of sp³-hybridized carbons (Fsp3) is 0.300. The number of carbonyl (C=O) groups is 1. The monoisotopic (exact) mass is 319 g/mol. The topological polar surface area (TPSA) is 116 Å². The molecule has 0 atom stereocenters. The first-order valence-electron chi connectivity index (χ1n) is 4.95. The van der Waals surface area contributed by atoms with Gasteiger partial charge in [0.15, 0.2) is 0 Å². The molecule has 0 spiro atoms. The van der Waals surface area contributed by atoms with E-state index in [4.69, 9.17) is 4.74 Å². The van der Waals surface area contributed by atoms with Crippen LogP contribution in [0.5, 0.6) is 5.75 Å². The molecule has 0 radical (unpaired) electrons. The van der Waals surface area contributed by atoms with Gasteiger partial charge in [0.25, 0.3) is 0 Å². The van der Waals surface area contributed by atoms with Crippen LogP contribution in [0.1, 0.15) is 12.5 Å². The molecule has 0 aromatic heterocycles. The first-order chi connectivity index (χ1) is 8.27. The van der Waals surface area contributed by atoms with Gasteiger partial charge in [-0.15, -0.1) is 0 Å². The zero-order chi connectivity index (χ0) is 13.9. The summed E-state index contributed by atoms with van der Waals surface area (Å²) in [5.74, 6) is -0.698. The van der Waals surface area contributed by atoms with E-state index < -0.39 is 20.1 Å². The number of carbonyl (C=O) groups excluding carboxylic acids is 1. The van der Waals surface area contributed by atoms with Gasteiger partial charge >= 0.3 is 106 Å². The molecule has 1 amide bonds. The van der Waals surface area contributed by atoms with Crippen LogP contribution in [0.3, 0.4) is 0 Å². The number of phenols is 1. The van der Waals surface area contributed by atoms with Gasteiger partial charge in [-0.2, -0.15) is 0 Å². The zero-order valence-electron chi connectivity index (χ0n) is 9.88. The summed E-state index contributed by atoms with van der Waals surface area (Å²) < 4.78 is 34.5. The van der Waals surface area contributed by atoms with Crippen molar-refractivity contribution in [3.63, 3.8) is 0 Å². The number of ether oxygens (including phenoxy) is 1. The quantitative estimate of drug-likeness (QED) is 0.532. The number of methoxy groups -OCH3 is 1. The van der Waals surface area contributed by atoms with Crippen LogP contribution >= 0.6 is 0 Å². The minimum atomic E-state index is -5.21. The van der Waals surface area contributed by atoms with Crippen molar-refractivity contribution in [1.29, 1.82) is 0 Å². The molecular weight excluding hydrogens is 305 g/mol. The molecule has 1 aromatic rings. The number of amides is 1. The van der Waals surface area contributed by atoms with E-state index in [0.29, 0.717) is 0 Å². The van der Waals surface area contributed by atoms with Crippen molar-refractivity contribution in [2.75, 3.05) is 12.4 Å². The van der Waals surface area contributed by atoms with Crippen LogP contribution in [0.25, 0.3) is 0 Å². The number of nitrogens with one attached hydrogen (secondary N) is 1. The van der Waals surface area contributed by atoms with Crippen molar-refractivity contribution in [2.24, 2.45) is 0 Å². The van der Waals surface area contributed by atoms with E-state index in [1.54, 1.807) is 0 Å². The third-order valence-electron chi connectivity index (χ3n) is 2.17. The van der Waals surface area contributed by atoms with Crippen LogP contribution in [-0.2, 0) is 19.9 Å². The number of hydrogen-bond donors (Lipinski definition) is 4. The fourth-order valence-electron chi connectivity index (χ4n) is 1.47. The predicted molar refractivity (Wildman–Crippen MR) is 63.6 cm³/mol. The number of phenolic OH excluding ortho intramolecular Hbond substituents is 1. The Hall–Kier alpha value is -1.27. The molecular formula is C10H14AsNO6. The van der Waals surface area contributed by atoms with Crippen molar-refractivity contribution >= 4 is 30.1 Å². The van der Waals surface area contributed by atoms with Gasteiger partial charge in [0.05, 0.1) is 0 Å². The molecule has 0 aliphatic heterocycles. The van der Waals surface area contributed by atoms with E-state index in [0.717, 1.165) is 12.1 Å². The second kappa shape index (κ2) is 5.58. The molecule has 0 saturated carbocycles. The summed E-state index contributed by atoms with van der Waals surface area (Å²) in [6, 6.07) is 2.26. The molecule has 4 N–H and O–H groups in total. The van der Waals surface area contributed by atoms with E-state index in [-0.39, 0.29) is 28.0 Å². The average Bonchev–Trinajstić information content (AvgIpc) is 2.20. The summed E-state index contributed by atoms with van der Waals surface area (Å²) in [6.07, 6.45) is 0. The molecule has 1 rings (SSSR count). The standard InChI is InChI=1S/C10H14AsNO6/c1-6(13)12-10-7(5-18-2)9(14)4-3-8(10)11(15,16)17/h3-4,14H,5H2,1-2H3,(H,12,13)(H2,15,16,17). The van der Waals surface area contributed by atoms with Crippen LogP contribution < -0.4 is 9.67 Å². The number of rotatable bonds is 4. The van der Waals surface area contributed by atoms with Crippen LogP contribution in [-0.4, -0.2) is 40.5 Å². The summed E-state index contributed by atoms with van der Waals surface area (Å²) >= 11 is -5.21.